The highest BCUT2D eigenvalue weighted by Crippen LogP contribution is 2.04. The molecule has 0 aliphatic rings. The lowest BCUT2D eigenvalue weighted by molar-refractivity contribution is 0.467. The first-order valence-electron chi connectivity index (χ1n) is 11.9. The van der Waals surface area contributed by atoms with Crippen LogP contribution in [0.25, 0.3) is 0 Å². The lowest BCUT2D eigenvalue weighted by Crippen LogP contribution is -2.57. The van der Waals surface area contributed by atoms with Crippen molar-refractivity contribution in [2.75, 3.05) is 0 Å². The lowest BCUT2D eigenvalue weighted by Gasteiger charge is -2.28. The molecule has 5 rings (SSSR count). The van der Waals surface area contributed by atoms with Gasteiger partial charge in [0.25, 0.3) is 0 Å². The van der Waals surface area contributed by atoms with E-state index in [4.69, 9.17) is 8.23 Å². The highest BCUT2D eigenvalue weighted by atomic mass is 28.4. The van der Waals surface area contributed by atoms with E-state index in [9.17, 15) is 0 Å². The van der Waals surface area contributed by atoms with Gasteiger partial charge in [-0.25, -0.2) is 0 Å². The zero-order valence-corrected chi connectivity index (χ0v) is 22.9. The molecule has 0 spiro atoms. The summed E-state index contributed by atoms with van der Waals surface area (Å²) >= 11 is 0. The second-order valence-electron chi connectivity index (χ2n) is 8.42. The number of hydrogen-bond donors (Lipinski definition) is 0. The van der Waals surface area contributed by atoms with Crippen molar-refractivity contribution >= 4 is 53.3 Å². The summed E-state index contributed by atoms with van der Waals surface area (Å²) in [5, 5.41) is 6.27. The van der Waals surface area contributed by atoms with Crippen molar-refractivity contribution in [1.82, 2.24) is 0 Å². The van der Waals surface area contributed by atoms with Gasteiger partial charge in [-0.3, -0.25) is 0 Å². The minimum atomic E-state index is -2.26. The van der Waals surface area contributed by atoms with Crippen molar-refractivity contribution in [2.24, 2.45) is 0 Å². The molecule has 5 heteroatoms. The van der Waals surface area contributed by atoms with Crippen molar-refractivity contribution in [2.45, 2.75) is 0 Å². The van der Waals surface area contributed by atoms with Crippen LogP contribution in [0.2, 0.25) is 0 Å². The van der Waals surface area contributed by atoms with Crippen molar-refractivity contribution < 1.29 is 8.23 Å². The Morgan fingerprint density at radius 2 is 0.514 bits per heavy atom. The summed E-state index contributed by atoms with van der Waals surface area (Å²) < 4.78 is 14.3. The molecular weight excluding hydrogens is 477 g/mol. The van der Waals surface area contributed by atoms with Crippen LogP contribution < -0.4 is 25.9 Å². The first-order valence-corrected chi connectivity index (χ1v) is 16.7. The van der Waals surface area contributed by atoms with Crippen LogP contribution in [-0.2, 0) is 8.23 Å². The fraction of sp³-hybridized carbons (Fsp3) is 0. The second-order valence-corrected chi connectivity index (χ2v) is 16.1. The molecule has 0 fully saturated rings. The average Bonchev–Trinajstić information content (AvgIpc) is 2.95. The predicted molar refractivity (Wildman–Crippen MR) is 154 cm³/mol. The highest BCUT2D eigenvalue weighted by Gasteiger charge is 2.30. The van der Waals surface area contributed by atoms with Crippen LogP contribution in [0.3, 0.4) is 0 Å². The van der Waals surface area contributed by atoms with E-state index in [-0.39, 0.29) is 0 Å². The molecule has 0 radical (unpaired) electrons. The van der Waals surface area contributed by atoms with E-state index >= 15 is 0 Å². The quantitative estimate of drug-likeness (QED) is 0.287. The van der Waals surface area contributed by atoms with Crippen LogP contribution in [0.1, 0.15) is 0 Å². The zero-order chi connectivity index (χ0) is 23.7. The topological polar surface area (TPSA) is 18.5 Å². The molecule has 2 nitrogen and oxygen atoms in total. The molecule has 0 aromatic heterocycles. The standard InChI is InChI=1S/C30H28O2Si3/c1-6-16-26(17-7-1)33(27-18-8-2-9-19-27)31-35(30-24-14-5-15-25-30)32-34(28-20-10-3-11-21-28)29-22-12-4-13-23-29/h1-25,33-35H. The molecule has 0 unspecified atom stereocenters. The summed E-state index contributed by atoms with van der Waals surface area (Å²) in [6.07, 6.45) is 0. The number of benzene rings is 5. The van der Waals surface area contributed by atoms with Gasteiger partial charge in [0, 0.05) is 0 Å². The summed E-state index contributed by atoms with van der Waals surface area (Å²) in [5.74, 6) is 0. The van der Waals surface area contributed by atoms with Crippen molar-refractivity contribution in [3.05, 3.63) is 152 Å². The van der Waals surface area contributed by atoms with Gasteiger partial charge in [0.1, 0.15) is 0 Å². The summed E-state index contributed by atoms with van der Waals surface area (Å²) in [4.78, 5) is 0. The monoisotopic (exact) mass is 504 g/mol. The third-order valence-electron chi connectivity index (χ3n) is 6.00. The van der Waals surface area contributed by atoms with Gasteiger partial charge in [0.05, 0.1) is 0 Å². The fourth-order valence-corrected chi connectivity index (χ4v) is 14.4. The highest BCUT2D eigenvalue weighted by molar-refractivity contribution is 6.90. The Morgan fingerprint density at radius 1 is 0.286 bits per heavy atom. The van der Waals surface area contributed by atoms with Gasteiger partial charge in [-0.05, 0) is 25.9 Å². The molecule has 0 aliphatic carbocycles. The summed E-state index contributed by atoms with van der Waals surface area (Å²) in [6.45, 7) is 0. The van der Waals surface area contributed by atoms with Crippen LogP contribution >= 0.6 is 0 Å². The van der Waals surface area contributed by atoms with E-state index in [1.165, 1.54) is 25.9 Å². The van der Waals surface area contributed by atoms with E-state index in [1.807, 2.05) is 0 Å². The number of hydrogen-bond acceptors (Lipinski definition) is 2. The van der Waals surface area contributed by atoms with Gasteiger partial charge < -0.3 is 8.23 Å². The first-order chi connectivity index (χ1) is 17.4. The summed E-state index contributed by atoms with van der Waals surface area (Å²) in [6, 6.07) is 53.2. The van der Waals surface area contributed by atoms with Gasteiger partial charge in [0.15, 0.2) is 0 Å². The third-order valence-corrected chi connectivity index (χ3v) is 15.0. The Hall–Kier alpha value is -3.33. The minimum Gasteiger partial charge on any atom is -0.430 e. The van der Waals surface area contributed by atoms with Crippen LogP contribution in [0.5, 0.6) is 0 Å². The molecule has 0 saturated carbocycles. The van der Waals surface area contributed by atoms with E-state index in [2.05, 4.69) is 152 Å². The lowest BCUT2D eigenvalue weighted by atomic mass is 10.4. The van der Waals surface area contributed by atoms with Crippen molar-refractivity contribution in [3.8, 4) is 0 Å². The van der Waals surface area contributed by atoms with E-state index in [0.29, 0.717) is 0 Å². The number of rotatable bonds is 9. The first kappa shape index (κ1) is 23.4. The van der Waals surface area contributed by atoms with Crippen LogP contribution in [-0.4, -0.2) is 27.4 Å². The molecule has 35 heavy (non-hydrogen) atoms. The van der Waals surface area contributed by atoms with Crippen LogP contribution in [0.15, 0.2) is 152 Å². The molecule has 0 heterocycles. The van der Waals surface area contributed by atoms with Crippen LogP contribution in [0, 0.1) is 0 Å². The summed E-state index contributed by atoms with van der Waals surface area (Å²) in [5.41, 5.74) is 0. The predicted octanol–water partition coefficient (Wildman–Crippen LogP) is 2.22. The van der Waals surface area contributed by atoms with Gasteiger partial charge >= 0.3 is 9.28 Å². The fourth-order valence-electron chi connectivity index (χ4n) is 4.26. The van der Waals surface area contributed by atoms with Gasteiger partial charge in [0.2, 0.25) is 18.1 Å². The van der Waals surface area contributed by atoms with E-state index in [0.717, 1.165) is 0 Å². The molecule has 0 amide bonds. The third kappa shape index (κ3) is 6.03. The zero-order valence-electron chi connectivity index (χ0n) is 19.5. The molecule has 0 bridgehead atoms. The Balaban J connectivity index is 1.55. The molecule has 0 atom stereocenters. The Morgan fingerprint density at radius 3 is 0.771 bits per heavy atom. The van der Waals surface area contributed by atoms with Crippen LogP contribution in [0.4, 0.5) is 0 Å². The van der Waals surface area contributed by atoms with Gasteiger partial charge in [-0.15, -0.1) is 0 Å². The van der Waals surface area contributed by atoms with Gasteiger partial charge in [-0.2, -0.15) is 0 Å². The van der Waals surface area contributed by atoms with Gasteiger partial charge in [-0.1, -0.05) is 152 Å². The molecule has 0 aliphatic heterocycles. The Labute approximate surface area is 212 Å². The molecule has 5 aromatic rings. The SMILES string of the molecule is c1ccc([SiH](O[SiH](c2ccccc2)c2ccccc2)O[SiH](c2ccccc2)c2ccccc2)cc1. The normalized spacial score (nSPS) is 11.3. The largest absolute Gasteiger partial charge is 0.430 e. The second kappa shape index (κ2) is 11.9. The van der Waals surface area contributed by atoms with E-state index < -0.39 is 27.4 Å². The smallest absolute Gasteiger partial charge is 0.335 e. The Bertz CT molecular complexity index is 1120. The molecular formula is C30H28O2Si3. The van der Waals surface area contributed by atoms with E-state index in [1.54, 1.807) is 0 Å². The molecule has 5 aromatic carbocycles. The summed E-state index contributed by atoms with van der Waals surface area (Å²) in [7, 11) is -6.20. The average molecular weight is 505 g/mol. The maximum absolute atomic E-state index is 7.17. The molecule has 0 saturated heterocycles. The molecule has 0 N–H and O–H groups in total. The maximum atomic E-state index is 7.17. The maximum Gasteiger partial charge on any atom is 0.335 e. The van der Waals surface area contributed by atoms with Crippen molar-refractivity contribution in [3.63, 3.8) is 0 Å². The molecule has 172 valence electrons. The minimum absolute atomic E-state index is 1.18. The Kier molecular flexibility index (Phi) is 7.95. The van der Waals surface area contributed by atoms with Crippen molar-refractivity contribution in [1.29, 1.82) is 0 Å².